The minimum Gasteiger partial charge on any atom is -0.376 e. The number of amides is 1. The molecule has 0 aliphatic rings. The molecule has 0 aliphatic heterocycles. The van der Waals surface area contributed by atoms with E-state index in [1.54, 1.807) is 0 Å². The lowest BCUT2D eigenvalue weighted by molar-refractivity contribution is -0.114. The first-order chi connectivity index (χ1) is 13.7. The van der Waals surface area contributed by atoms with Crippen LogP contribution in [-0.2, 0) is 16.1 Å². The summed E-state index contributed by atoms with van der Waals surface area (Å²) in [6, 6.07) is 19.5. The Morgan fingerprint density at radius 1 is 1.04 bits per heavy atom. The van der Waals surface area contributed by atoms with Gasteiger partial charge in [-0.05, 0) is 30.5 Å². The lowest BCUT2D eigenvalue weighted by Gasteiger charge is -2.16. The number of hydrogen-bond acceptors (Lipinski definition) is 3. The molecular formula is C22H30N4O2. The first kappa shape index (κ1) is 21.4. The van der Waals surface area contributed by atoms with Crippen LogP contribution in [0.3, 0.4) is 0 Å². The van der Waals surface area contributed by atoms with Gasteiger partial charge in [0.15, 0.2) is 5.96 Å². The third kappa shape index (κ3) is 8.68. The maximum atomic E-state index is 12.0. The molecule has 2 aromatic carbocycles. The van der Waals surface area contributed by atoms with Gasteiger partial charge < -0.3 is 20.7 Å². The Balaban J connectivity index is 1.71. The molecule has 1 unspecified atom stereocenters. The molecule has 3 N–H and O–H groups in total. The Hall–Kier alpha value is -2.86. The molecular weight excluding hydrogens is 352 g/mol. The van der Waals surface area contributed by atoms with Gasteiger partial charge in [0, 0.05) is 18.8 Å². The smallest absolute Gasteiger partial charge is 0.246 e. The molecule has 0 saturated carbocycles. The number of anilines is 1. The van der Waals surface area contributed by atoms with Crippen LogP contribution in [0.25, 0.3) is 0 Å². The Morgan fingerprint density at radius 3 is 2.39 bits per heavy atom. The van der Waals surface area contributed by atoms with Crippen LogP contribution in [0.1, 0.15) is 19.4 Å². The lowest BCUT2D eigenvalue weighted by Crippen LogP contribution is -2.40. The highest BCUT2D eigenvalue weighted by Gasteiger charge is 2.06. The van der Waals surface area contributed by atoms with Crippen molar-refractivity contribution in [1.82, 2.24) is 10.6 Å². The van der Waals surface area contributed by atoms with Crippen LogP contribution in [0.5, 0.6) is 0 Å². The third-order valence-corrected chi connectivity index (χ3v) is 3.91. The van der Waals surface area contributed by atoms with Crippen LogP contribution in [0, 0.1) is 5.92 Å². The zero-order chi connectivity index (χ0) is 20.0. The Morgan fingerprint density at radius 2 is 1.71 bits per heavy atom. The molecule has 0 aromatic heterocycles. The molecule has 0 bridgehead atoms. The monoisotopic (exact) mass is 382 g/mol. The van der Waals surface area contributed by atoms with Gasteiger partial charge in [0.25, 0.3) is 0 Å². The van der Waals surface area contributed by atoms with E-state index in [1.165, 1.54) is 5.56 Å². The number of para-hydroxylation sites is 1. The fraction of sp³-hybridized carbons (Fsp3) is 0.364. The summed E-state index contributed by atoms with van der Waals surface area (Å²) in [5.41, 5.74) is 1.94. The van der Waals surface area contributed by atoms with E-state index in [9.17, 15) is 4.79 Å². The van der Waals surface area contributed by atoms with Gasteiger partial charge in [0.05, 0.1) is 13.2 Å². The molecule has 0 fully saturated rings. The van der Waals surface area contributed by atoms with Crippen molar-refractivity contribution in [3.63, 3.8) is 0 Å². The summed E-state index contributed by atoms with van der Waals surface area (Å²) in [5.74, 6) is 0.786. The van der Waals surface area contributed by atoms with Crippen molar-refractivity contribution in [3.05, 3.63) is 66.2 Å². The molecule has 0 heterocycles. The molecule has 2 aromatic rings. The van der Waals surface area contributed by atoms with E-state index in [2.05, 4.69) is 40.0 Å². The third-order valence-electron chi connectivity index (χ3n) is 3.91. The normalized spacial score (nSPS) is 12.3. The average Bonchev–Trinajstić information content (AvgIpc) is 2.71. The summed E-state index contributed by atoms with van der Waals surface area (Å²) >= 11 is 0. The molecule has 28 heavy (non-hydrogen) atoms. The van der Waals surface area contributed by atoms with Crippen molar-refractivity contribution in [2.75, 3.05) is 31.6 Å². The van der Waals surface area contributed by atoms with Gasteiger partial charge in [0.1, 0.15) is 6.54 Å². The molecule has 6 nitrogen and oxygen atoms in total. The number of nitrogens with one attached hydrogen (secondary N) is 3. The van der Waals surface area contributed by atoms with Crippen LogP contribution in [-0.4, -0.2) is 38.1 Å². The van der Waals surface area contributed by atoms with Crippen LogP contribution in [0.2, 0.25) is 0 Å². The number of carbonyl (C=O) groups is 1. The first-order valence-corrected chi connectivity index (χ1v) is 9.66. The summed E-state index contributed by atoms with van der Waals surface area (Å²) in [6.07, 6.45) is 0. The van der Waals surface area contributed by atoms with Gasteiger partial charge in [-0.15, -0.1) is 0 Å². The molecule has 0 saturated heterocycles. The molecule has 2 rings (SSSR count). The lowest BCUT2D eigenvalue weighted by atomic mass is 10.2. The number of ether oxygens (including phenoxy) is 1. The quantitative estimate of drug-likeness (QED) is 0.436. The highest BCUT2D eigenvalue weighted by atomic mass is 16.5. The molecule has 1 atom stereocenters. The van der Waals surface area contributed by atoms with Crippen LogP contribution in [0.4, 0.5) is 5.69 Å². The Kier molecular flexibility index (Phi) is 9.58. The summed E-state index contributed by atoms with van der Waals surface area (Å²) in [7, 11) is 0. The highest BCUT2D eigenvalue weighted by molar-refractivity contribution is 5.94. The van der Waals surface area contributed by atoms with E-state index < -0.39 is 0 Å². The highest BCUT2D eigenvalue weighted by Crippen LogP contribution is 2.04. The van der Waals surface area contributed by atoms with Crippen molar-refractivity contribution < 1.29 is 9.53 Å². The second kappa shape index (κ2) is 12.5. The topological polar surface area (TPSA) is 74.8 Å². The average molecular weight is 383 g/mol. The number of rotatable bonds is 10. The molecule has 0 spiro atoms. The maximum absolute atomic E-state index is 12.0. The minimum atomic E-state index is -0.150. The number of nitrogens with zero attached hydrogens (tertiary/aromatic N) is 1. The van der Waals surface area contributed by atoms with Gasteiger partial charge in [0.2, 0.25) is 5.91 Å². The predicted octanol–water partition coefficient (Wildman–Crippen LogP) is 3.03. The van der Waals surface area contributed by atoms with E-state index in [1.807, 2.05) is 55.5 Å². The van der Waals surface area contributed by atoms with E-state index >= 15 is 0 Å². The van der Waals surface area contributed by atoms with E-state index in [0.717, 1.165) is 12.2 Å². The predicted molar refractivity (Wildman–Crippen MR) is 114 cm³/mol. The van der Waals surface area contributed by atoms with E-state index in [-0.39, 0.29) is 12.5 Å². The fourth-order valence-corrected chi connectivity index (χ4v) is 2.50. The van der Waals surface area contributed by atoms with E-state index in [0.29, 0.717) is 31.6 Å². The molecule has 150 valence electrons. The molecule has 0 aliphatic carbocycles. The van der Waals surface area contributed by atoms with Gasteiger partial charge in [-0.3, -0.25) is 4.79 Å². The zero-order valence-electron chi connectivity index (χ0n) is 16.7. The first-order valence-electron chi connectivity index (χ1n) is 9.66. The van der Waals surface area contributed by atoms with Crippen molar-refractivity contribution in [1.29, 1.82) is 0 Å². The van der Waals surface area contributed by atoms with Gasteiger partial charge in [-0.1, -0.05) is 55.5 Å². The van der Waals surface area contributed by atoms with Crippen molar-refractivity contribution in [2.24, 2.45) is 10.9 Å². The fourth-order valence-electron chi connectivity index (χ4n) is 2.50. The number of hydrogen-bond donors (Lipinski definition) is 3. The molecule has 1 amide bonds. The zero-order valence-corrected chi connectivity index (χ0v) is 16.7. The summed E-state index contributed by atoms with van der Waals surface area (Å²) in [6.45, 7) is 6.86. The minimum absolute atomic E-state index is 0.0586. The summed E-state index contributed by atoms with van der Waals surface area (Å²) in [5, 5.41) is 9.25. The second-order valence-electron chi connectivity index (χ2n) is 6.60. The van der Waals surface area contributed by atoms with Crippen LogP contribution in [0.15, 0.2) is 65.7 Å². The van der Waals surface area contributed by atoms with Crippen molar-refractivity contribution in [3.8, 4) is 0 Å². The standard InChI is InChI=1S/C22H30N4O2/c1-3-23-22(25-15-21(27)26-20-12-8-5-9-13-20)24-14-18(2)16-28-17-19-10-6-4-7-11-19/h4-13,18H,3,14-17H2,1-2H3,(H,26,27)(H2,23,24,25). The summed E-state index contributed by atoms with van der Waals surface area (Å²) < 4.78 is 5.77. The van der Waals surface area contributed by atoms with Crippen LogP contribution < -0.4 is 16.0 Å². The Bertz CT molecular complexity index is 720. The summed E-state index contributed by atoms with van der Waals surface area (Å²) in [4.78, 5) is 16.4. The Labute approximate surface area is 167 Å². The number of guanidine groups is 1. The SMILES string of the molecule is CCNC(=NCC(=O)Nc1ccccc1)NCC(C)COCc1ccccc1. The van der Waals surface area contributed by atoms with Gasteiger partial charge in [-0.2, -0.15) is 0 Å². The van der Waals surface area contributed by atoms with Gasteiger partial charge >= 0.3 is 0 Å². The van der Waals surface area contributed by atoms with Crippen LogP contribution >= 0.6 is 0 Å². The van der Waals surface area contributed by atoms with E-state index in [4.69, 9.17) is 4.74 Å². The van der Waals surface area contributed by atoms with Crippen molar-refractivity contribution >= 4 is 17.6 Å². The molecule has 6 heteroatoms. The number of aliphatic imine (C=N–C) groups is 1. The van der Waals surface area contributed by atoms with Crippen molar-refractivity contribution in [2.45, 2.75) is 20.5 Å². The number of benzene rings is 2. The second-order valence-corrected chi connectivity index (χ2v) is 6.60. The largest absolute Gasteiger partial charge is 0.376 e. The maximum Gasteiger partial charge on any atom is 0.246 e. The van der Waals surface area contributed by atoms with Gasteiger partial charge in [-0.25, -0.2) is 4.99 Å². The molecule has 0 radical (unpaired) electrons. The number of carbonyl (C=O) groups excluding carboxylic acids is 1.